The average molecular weight is 499 g/mol. The maximum atomic E-state index is 13.2. The van der Waals surface area contributed by atoms with E-state index < -0.39 is 17.8 Å². The minimum absolute atomic E-state index is 0.207. The Bertz CT molecular complexity index is 1170. The summed E-state index contributed by atoms with van der Waals surface area (Å²) in [6, 6.07) is 2.33. The molecule has 1 aliphatic carbocycles. The molecule has 3 aliphatic rings. The van der Waals surface area contributed by atoms with Crippen LogP contribution in [0.2, 0.25) is 0 Å². The summed E-state index contributed by atoms with van der Waals surface area (Å²) < 4.78 is 20.8. The number of likely N-dealkylation sites (tertiary alicyclic amines) is 2. The number of carbonyl (C=O) groups is 2. The predicted octanol–water partition coefficient (Wildman–Crippen LogP) is 3.76. The van der Waals surface area contributed by atoms with E-state index in [0.717, 1.165) is 42.0 Å². The van der Waals surface area contributed by atoms with Crippen molar-refractivity contribution in [1.29, 1.82) is 0 Å². The summed E-state index contributed by atoms with van der Waals surface area (Å²) >= 11 is 0. The zero-order valence-corrected chi connectivity index (χ0v) is 21.2. The van der Waals surface area contributed by atoms with Crippen LogP contribution in [0, 0.1) is 11.8 Å². The van der Waals surface area contributed by atoms with Crippen LogP contribution < -0.4 is 5.32 Å². The summed E-state index contributed by atoms with van der Waals surface area (Å²) in [5.74, 6) is 0.185. The van der Waals surface area contributed by atoms with Crippen LogP contribution in [0.3, 0.4) is 0 Å². The molecule has 1 N–H and O–H groups in total. The number of piperidine rings is 1. The molecule has 9 nitrogen and oxygen atoms in total. The number of fused-ring (bicyclic) bond motifs is 3. The Labute approximate surface area is 210 Å². The summed E-state index contributed by atoms with van der Waals surface area (Å²) in [4.78, 5) is 32.7. The average Bonchev–Trinajstić information content (AvgIpc) is 3.54. The van der Waals surface area contributed by atoms with Gasteiger partial charge in [0.2, 0.25) is 0 Å². The standard InChI is InChI=1S/C26H35FN6O3/c1-5-19-10-22(33-24(29-19)21(11-28-33)15(2)3)30-23-17-6-7-18(23)13-32(12-17)26(35)36-20-8-9-31(14-20)25(34)16(4)27/h10-11,15,17-18,20,23,30H,4-9,12-14H2,1-3H3. The van der Waals surface area contributed by atoms with Crippen LogP contribution >= 0.6 is 0 Å². The molecule has 0 radical (unpaired) electrons. The second-order valence-electron chi connectivity index (χ2n) is 10.6. The first kappa shape index (κ1) is 24.5. The van der Waals surface area contributed by atoms with Crippen molar-refractivity contribution in [2.45, 2.75) is 64.5 Å². The van der Waals surface area contributed by atoms with Crippen molar-refractivity contribution < 1.29 is 18.7 Å². The first-order valence-corrected chi connectivity index (χ1v) is 13.0. The van der Waals surface area contributed by atoms with Crippen molar-refractivity contribution in [3.05, 3.63) is 35.9 Å². The Morgan fingerprint density at radius 3 is 2.56 bits per heavy atom. The number of carbonyl (C=O) groups excluding carboxylic acids is 2. The minimum atomic E-state index is -0.985. The highest BCUT2D eigenvalue weighted by Crippen LogP contribution is 2.39. The molecule has 10 heteroatoms. The fraction of sp³-hybridized carbons (Fsp3) is 0.615. The van der Waals surface area contributed by atoms with Crippen LogP contribution in [0.15, 0.2) is 24.7 Å². The van der Waals surface area contributed by atoms with Gasteiger partial charge in [0.25, 0.3) is 5.91 Å². The number of aromatic nitrogens is 3. The molecule has 2 aliphatic heterocycles. The first-order chi connectivity index (χ1) is 17.2. The predicted molar refractivity (Wildman–Crippen MR) is 133 cm³/mol. The number of hydrogen-bond donors (Lipinski definition) is 1. The van der Waals surface area contributed by atoms with Crippen LogP contribution in [-0.4, -0.2) is 74.7 Å². The highest BCUT2D eigenvalue weighted by molar-refractivity contribution is 5.90. The SMILES string of the molecule is C=C(F)C(=O)N1CCC(OC(=O)N2CC3CCC(C2)C3Nc2cc(CC)nc3c(C(C)C)cnn23)C1. The lowest BCUT2D eigenvalue weighted by Crippen LogP contribution is -2.51. The van der Waals surface area contributed by atoms with Gasteiger partial charge in [0.1, 0.15) is 11.9 Å². The maximum Gasteiger partial charge on any atom is 0.410 e. The van der Waals surface area contributed by atoms with Crippen molar-refractivity contribution in [2.24, 2.45) is 11.8 Å². The number of rotatable bonds is 6. The Hall–Kier alpha value is -3.17. The summed E-state index contributed by atoms with van der Waals surface area (Å²) in [6.45, 7) is 11.3. The Morgan fingerprint density at radius 2 is 1.92 bits per heavy atom. The third-order valence-electron chi connectivity index (χ3n) is 7.87. The highest BCUT2D eigenvalue weighted by atomic mass is 19.1. The number of nitrogens with zero attached hydrogens (tertiary/aromatic N) is 5. The lowest BCUT2D eigenvalue weighted by molar-refractivity contribution is -0.128. The van der Waals surface area contributed by atoms with Gasteiger partial charge in [0, 0.05) is 49.4 Å². The molecule has 5 rings (SSSR count). The minimum Gasteiger partial charge on any atom is -0.444 e. The number of amides is 2. The Morgan fingerprint density at radius 1 is 1.19 bits per heavy atom. The van der Waals surface area contributed by atoms with E-state index in [2.05, 4.69) is 43.8 Å². The van der Waals surface area contributed by atoms with Crippen LogP contribution in [0.1, 0.15) is 57.2 Å². The smallest absolute Gasteiger partial charge is 0.410 e. The first-order valence-electron chi connectivity index (χ1n) is 13.0. The molecule has 3 atom stereocenters. The van der Waals surface area contributed by atoms with E-state index in [9.17, 15) is 14.0 Å². The van der Waals surface area contributed by atoms with E-state index in [4.69, 9.17) is 9.72 Å². The van der Waals surface area contributed by atoms with Gasteiger partial charge in [-0.2, -0.15) is 9.61 Å². The van der Waals surface area contributed by atoms with E-state index in [1.807, 2.05) is 10.7 Å². The van der Waals surface area contributed by atoms with Gasteiger partial charge in [-0.05, 0) is 37.0 Å². The van der Waals surface area contributed by atoms with Crippen molar-refractivity contribution in [2.75, 3.05) is 31.5 Å². The van der Waals surface area contributed by atoms with Crippen molar-refractivity contribution in [3.8, 4) is 0 Å². The molecular formula is C26H35FN6O3. The lowest BCUT2D eigenvalue weighted by Gasteiger charge is -2.38. The zero-order chi connectivity index (χ0) is 25.6. The van der Waals surface area contributed by atoms with Gasteiger partial charge < -0.3 is 19.9 Å². The van der Waals surface area contributed by atoms with E-state index in [-0.39, 0.29) is 18.7 Å². The summed E-state index contributed by atoms with van der Waals surface area (Å²) in [5, 5.41) is 8.40. The molecule has 194 valence electrons. The highest BCUT2D eigenvalue weighted by Gasteiger charge is 2.44. The van der Waals surface area contributed by atoms with Crippen molar-refractivity contribution in [3.63, 3.8) is 0 Å². The summed E-state index contributed by atoms with van der Waals surface area (Å²) in [7, 11) is 0. The quantitative estimate of drug-likeness (QED) is 0.610. The number of aryl methyl sites for hydroxylation is 1. The van der Waals surface area contributed by atoms with E-state index in [0.29, 0.717) is 43.8 Å². The number of hydrogen-bond acceptors (Lipinski definition) is 6. The summed E-state index contributed by atoms with van der Waals surface area (Å²) in [6.07, 6.45) is 4.58. The van der Waals surface area contributed by atoms with Crippen LogP contribution in [0.25, 0.3) is 5.65 Å². The van der Waals surface area contributed by atoms with E-state index >= 15 is 0 Å². The second-order valence-corrected chi connectivity index (χ2v) is 10.6. The van der Waals surface area contributed by atoms with Gasteiger partial charge in [0.05, 0.1) is 12.7 Å². The molecule has 3 fully saturated rings. The van der Waals surface area contributed by atoms with Crippen molar-refractivity contribution in [1.82, 2.24) is 24.4 Å². The van der Waals surface area contributed by atoms with Crippen molar-refractivity contribution >= 4 is 23.5 Å². The van der Waals surface area contributed by atoms with Gasteiger partial charge in [-0.1, -0.05) is 27.4 Å². The molecule has 3 unspecified atom stereocenters. The van der Waals surface area contributed by atoms with Gasteiger partial charge in [-0.15, -0.1) is 0 Å². The summed E-state index contributed by atoms with van der Waals surface area (Å²) in [5.41, 5.74) is 3.07. The molecule has 4 heterocycles. The monoisotopic (exact) mass is 498 g/mol. The third-order valence-corrected chi connectivity index (χ3v) is 7.87. The lowest BCUT2D eigenvalue weighted by atomic mass is 9.92. The molecule has 0 aromatic carbocycles. The third kappa shape index (κ3) is 4.53. The van der Waals surface area contributed by atoms with Gasteiger partial charge in [-0.25, -0.2) is 14.2 Å². The molecule has 2 aromatic heterocycles. The molecule has 2 aromatic rings. The fourth-order valence-corrected chi connectivity index (χ4v) is 5.90. The molecule has 2 saturated heterocycles. The van der Waals surface area contributed by atoms with Crippen LogP contribution in [-0.2, 0) is 16.0 Å². The number of anilines is 1. The Balaban J connectivity index is 1.25. The van der Waals surface area contributed by atoms with Gasteiger partial charge >= 0.3 is 6.09 Å². The topological polar surface area (TPSA) is 92.1 Å². The second kappa shape index (κ2) is 9.71. The van der Waals surface area contributed by atoms with Gasteiger partial charge in [0.15, 0.2) is 11.5 Å². The maximum absolute atomic E-state index is 13.2. The number of nitrogens with one attached hydrogen (secondary N) is 1. The molecule has 36 heavy (non-hydrogen) atoms. The normalized spacial score (nSPS) is 25.6. The molecule has 0 spiro atoms. The van der Waals surface area contributed by atoms with E-state index in [1.54, 1.807) is 4.90 Å². The fourth-order valence-electron chi connectivity index (χ4n) is 5.90. The number of halogens is 1. The molecule has 2 amide bonds. The number of ether oxygens (including phenoxy) is 1. The largest absolute Gasteiger partial charge is 0.444 e. The van der Waals surface area contributed by atoms with Crippen LogP contribution in [0.4, 0.5) is 15.0 Å². The molecular weight excluding hydrogens is 463 g/mol. The van der Waals surface area contributed by atoms with Crippen LogP contribution in [0.5, 0.6) is 0 Å². The molecule has 2 bridgehead atoms. The molecule has 1 saturated carbocycles. The van der Waals surface area contributed by atoms with Gasteiger partial charge in [-0.3, -0.25) is 4.79 Å². The zero-order valence-electron chi connectivity index (χ0n) is 21.2. The Kier molecular flexibility index (Phi) is 6.61. The van der Waals surface area contributed by atoms with E-state index in [1.165, 1.54) is 4.90 Å².